The van der Waals surface area contributed by atoms with Crippen LogP contribution in [0, 0.1) is 0 Å². The first-order chi connectivity index (χ1) is 9.70. The summed E-state index contributed by atoms with van der Waals surface area (Å²) in [5.74, 6) is 1.37. The minimum Gasteiger partial charge on any atom is -0.497 e. The predicted octanol–water partition coefficient (Wildman–Crippen LogP) is 3.66. The van der Waals surface area contributed by atoms with Gasteiger partial charge in [0.2, 0.25) is 0 Å². The van der Waals surface area contributed by atoms with E-state index in [-0.39, 0.29) is 0 Å². The lowest BCUT2D eigenvalue weighted by molar-refractivity contribution is 0.211. The van der Waals surface area contributed by atoms with Gasteiger partial charge in [0.25, 0.3) is 0 Å². The Morgan fingerprint density at radius 3 is 2.55 bits per heavy atom. The van der Waals surface area contributed by atoms with Crippen molar-refractivity contribution in [2.75, 3.05) is 14.2 Å². The summed E-state index contributed by atoms with van der Waals surface area (Å²) in [5, 5.41) is 0. The van der Waals surface area contributed by atoms with Gasteiger partial charge in [-0.05, 0) is 42.8 Å². The van der Waals surface area contributed by atoms with Crippen LogP contribution in [-0.4, -0.2) is 25.1 Å². The first-order valence-electron chi connectivity index (χ1n) is 7.12. The molecular formula is C18H21NO. The molecule has 2 atom stereocenters. The molecule has 2 heteroatoms. The highest BCUT2D eigenvalue weighted by Crippen LogP contribution is 2.38. The van der Waals surface area contributed by atoms with E-state index in [1.54, 1.807) is 7.11 Å². The molecule has 0 saturated heterocycles. The zero-order chi connectivity index (χ0) is 14.1. The van der Waals surface area contributed by atoms with Crippen LogP contribution < -0.4 is 4.74 Å². The lowest BCUT2D eigenvalue weighted by atomic mass is 9.80. The predicted molar refractivity (Wildman–Crippen MR) is 82.2 cm³/mol. The average molecular weight is 267 g/mol. The highest BCUT2D eigenvalue weighted by atomic mass is 16.5. The Labute approximate surface area is 121 Å². The average Bonchev–Trinajstić information content (AvgIpc) is 2.49. The topological polar surface area (TPSA) is 12.5 Å². The van der Waals surface area contributed by atoms with Crippen LogP contribution in [0.3, 0.4) is 0 Å². The van der Waals surface area contributed by atoms with Crippen molar-refractivity contribution in [2.24, 2.45) is 0 Å². The summed E-state index contributed by atoms with van der Waals surface area (Å²) in [7, 11) is 3.93. The highest BCUT2D eigenvalue weighted by molar-refractivity contribution is 5.45. The molecule has 0 spiro atoms. The van der Waals surface area contributed by atoms with E-state index in [1.807, 2.05) is 0 Å². The molecule has 0 aromatic heterocycles. The SMILES string of the molecule is COc1ccc2c(c1)CN(C)[C@@H](C)[C@@H]2c1ccccc1. The van der Waals surface area contributed by atoms with Crippen molar-refractivity contribution in [3.05, 3.63) is 65.2 Å². The molecule has 2 aromatic rings. The minimum absolute atomic E-state index is 0.427. The van der Waals surface area contributed by atoms with E-state index in [2.05, 4.69) is 67.4 Å². The van der Waals surface area contributed by atoms with Crippen LogP contribution in [0.15, 0.2) is 48.5 Å². The lowest BCUT2D eigenvalue weighted by Crippen LogP contribution is -2.39. The second-order valence-electron chi connectivity index (χ2n) is 5.61. The Balaban J connectivity index is 2.10. The van der Waals surface area contributed by atoms with Crippen LogP contribution in [0.2, 0.25) is 0 Å². The number of benzene rings is 2. The van der Waals surface area contributed by atoms with Gasteiger partial charge in [-0.15, -0.1) is 0 Å². The molecule has 2 aromatic carbocycles. The van der Waals surface area contributed by atoms with Crippen LogP contribution in [0.25, 0.3) is 0 Å². The van der Waals surface area contributed by atoms with Crippen molar-refractivity contribution in [2.45, 2.75) is 25.4 Å². The van der Waals surface area contributed by atoms with Gasteiger partial charge in [0.15, 0.2) is 0 Å². The zero-order valence-electron chi connectivity index (χ0n) is 12.3. The van der Waals surface area contributed by atoms with Crippen molar-refractivity contribution < 1.29 is 4.74 Å². The van der Waals surface area contributed by atoms with Crippen molar-refractivity contribution >= 4 is 0 Å². The molecule has 0 saturated carbocycles. The third-order valence-corrected chi connectivity index (χ3v) is 4.44. The number of hydrogen-bond acceptors (Lipinski definition) is 2. The molecule has 1 aliphatic rings. The number of nitrogens with zero attached hydrogens (tertiary/aromatic N) is 1. The van der Waals surface area contributed by atoms with Gasteiger partial charge in [-0.1, -0.05) is 36.4 Å². The van der Waals surface area contributed by atoms with E-state index < -0.39 is 0 Å². The van der Waals surface area contributed by atoms with E-state index in [9.17, 15) is 0 Å². The Morgan fingerprint density at radius 1 is 1.10 bits per heavy atom. The molecule has 2 nitrogen and oxygen atoms in total. The summed E-state index contributed by atoms with van der Waals surface area (Å²) in [6, 6.07) is 17.8. The van der Waals surface area contributed by atoms with Gasteiger partial charge in [-0.25, -0.2) is 0 Å². The molecule has 0 radical (unpaired) electrons. The van der Waals surface area contributed by atoms with Crippen molar-refractivity contribution in [1.82, 2.24) is 4.90 Å². The molecule has 0 unspecified atom stereocenters. The third kappa shape index (κ3) is 2.20. The molecule has 0 N–H and O–H groups in total. The van der Waals surface area contributed by atoms with Gasteiger partial charge in [0, 0.05) is 18.5 Å². The van der Waals surface area contributed by atoms with E-state index in [4.69, 9.17) is 4.74 Å². The summed E-state index contributed by atoms with van der Waals surface area (Å²) in [4.78, 5) is 2.42. The van der Waals surface area contributed by atoms with Crippen LogP contribution in [-0.2, 0) is 6.54 Å². The monoisotopic (exact) mass is 267 g/mol. The van der Waals surface area contributed by atoms with E-state index in [0.717, 1.165) is 12.3 Å². The van der Waals surface area contributed by atoms with Gasteiger partial charge >= 0.3 is 0 Å². The summed E-state index contributed by atoms with van der Waals surface area (Å²) in [6.45, 7) is 3.29. The molecule has 1 heterocycles. The second-order valence-corrected chi connectivity index (χ2v) is 5.61. The van der Waals surface area contributed by atoms with Gasteiger partial charge in [0.05, 0.1) is 7.11 Å². The van der Waals surface area contributed by atoms with Gasteiger partial charge in [0.1, 0.15) is 5.75 Å². The fraction of sp³-hybridized carbons (Fsp3) is 0.333. The molecule has 0 bridgehead atoms. The zero-order valence-corrected chi connectivity index (χ0v) is 12.3. The molecular weight excluding hydrogens is 246 g/mol. The van der Waals surface area contributed by atoms with Crippen molar-refractivity contribution in [3.8, 4) is 5.75 Å². The van der Waals surface area contributed by atoms with Gasteiger partial charge < -0.3 is 4.74 Å². The first-order valence-corrected chi connectivity index (χ1v) is 7.12. The Bertz CT molecular complexity index is 594. The largest absolute Gasteiger partial charge is 0.497 e. The van der Waals surface area contributed by atoms with Gasteiger partial charge in [-0.2, -0.15) is 0 Å². The quantitative estimate of drug-likeness (QED) is 0.823. The molecule has 0 fully saturated rings. The normalized spacial score (nSPS) is 22.4. The summed E-state index contributed by atoms with van der Waals surface area (Å²) >= 11 is 0. The van der Waals surface area contributed by atoms with Crippen LogP contribution in [0.1, 0.15) is 29.5 Å². The maximum atomic E-state index is 5.36. The van der Waals surface area contributed by atoms with Crippen molar-refractivity contribution in [1.29, 1.82) is 0 Å². The van der Waals surface area contributed by atoms with Crippen LogP contribution >= 0.6 is 0 Å². The van der Waals surface area contributed by atoms with E-state index in [1.165, 1.54) is 16.7 Å². The third-order valence-electron chi connectivity index (χ3n) is 4.44. The number of rotatable bonds is 2. The smallest absolute Gasteiger partial charge is 0.119 e. The van der Waals surface area contributed by atoms with Crippen LogP contribution in [0.4, 0.5) is 0 Å². The van der Waals surface area contributed by atoms with E-state index >= 15 is 0 Å². The van der Waals surface area contributed by atoms with E-state index in [0.29, 0.717) is 12.0 Å². The fourth-order valence-corrected chi connectivity index (χ4v) is 3.19. The lowest BCUT2D eigenvalue weighted by Gasteiger charge is -2.39. The first kappa shape index (κ1) is 13.2. The van der Waals surface area contributed by atoms with Crippen LogP contribution in [0.5, 0.6) is 5.75 Å². The highest BCUT2D eigenvalue weighted by Gasteiger charge is 2.31. The summed E-state index contributed by atoms with van der Waals surface area (Å²) < 4.78 is 5.36. The standard InChI is InChI=1S/C18H21NO/c1-13-18(14-7-5-4-6-8-14)17-10-9-16(20-3)11-15(17)12-19(13)2/h4-11,13,18H,12H2,1-3H3/t13-,18+/m0/s1. The molecule has 0 amide bonds. The molecule has 104 valence electrons. The summed E-state index contributed by atoms with van der Waals surface area (Å²) in [5.41, 5.74) is 4.19. The maximum absolute atomic E-state index is 5.36. The second kappa shape index (κ2) is 5.29. The molecule has 20 heavy (non-hydrogen) atoms. The van der Waals surface area contributed by atoms with Crippen molar-refractivity contribution in [3.63, 3.8) is 0 Å². The maximum Gasteiger partial charge on any atom is 0.119 e. The number of likely N-dealkylation sites (N-methyl/N-ethyl adjacent to an activating group) is 1. The Hall–Kier alpha value is -1.80. The summed E-state index contributed by atoms with van der Waals surface area (Å²) in [6.07, 6.45) is 0. The number of hydrogen-bond donors (Lipinski definition) is 0. The number of fused-ring (bicyclic) bond motifs is 1. The minimum atomic E-state index is 0.427. The fourth-order valence-electron chi connectivity index (χ4n) is 3.19. The number of methoxy groups -OCH3 is 1. The number of ether oxygens (including phenoxy) is 1. The van der Waals surface area contributed by atoms with Gasteiger partial charge in [-0.3, -0.25) is 4.90 Å². The molecule has 0 aliphatic carbocycles. The molecule has 3 rings (SSSR count). The Morgan fingerprint density at radius 2 is 1.85 bits per heavy atom. The molecule has 1 aliphatic heterocycles. The Kier molecular flexibility index (Phi) is 3.49.